The predicted molar refractivity (Wildman–Crippen MR) is 136 cm³/mol. The van der Waals surface area contributed by atoms with Gasteiger partial charge in [0, 0.05) is 44.2 Å². The van der Waals surface area contributed by atoms with Gasteiger partial charge in [0.25, 0.3) is 0 Å². The summed E-state index contributed by atoms with van der Waals surface area (Å²) in [5.41, 5.74) is 2.62. The van der Waals surface area contributed by atoms with Crippen LogP contribution in [0.3, 0.4) is 0 Å². The number of aromatic nitrogens is 2. The van der Waals surface area contributed by atoms with Gasteiger partial charge in [0.2, 0.25) is 11.8 Å². The molecule has 2 aliphatic rings. The zero-order valence-electron chi connectivity index (χ0n) is 19.5. The van der Waals surface area contributed by atoms with E-state index in [2.05, 4.69) is 15.1 Å². The van der Waals surface area contributed by atoms with Crippen LogP contribution in [0.2, 0.25) is 5.02 Å². The van der Waals surface area contributed by atoms with Gasteiger partial charge in [-0.05, 0) is 36.6 Å². The first-order valence-corrected chi connectivity index (χ1v) is 12.4. The largest absolute Gasteiger partial charge is 0.352 e. The summed E-state index contributed by atoms with van der Waals surface area (Å²) in [6.07, 6.45) is 1.85. The van der Waals surface area contributed by atoms with E-state index in [0.29, 0.717) is 37.7 Å². The summed E-state index contributed by atoms with van der Waals surface area (Å²) < 4.78 is 0. The molecule has 0 radical (unpaired) electrons. The van der Waals surface area contributed by atoms with Crippen LogP contribution in [-0.4, -0.2) is 64.5 Å². The van der Waals surface area contributed by atoms with E-state index in [1.165, 1.54) is 0 Å². The molecule has 1 aromatic heterocycles. The normalized spacial score (nSPS) is 15.7. The van der Waals surface area contributed by atoms with Gasteiger partial charge in [0.1, 0.15) is 6.54 Å². The van der Waals surface area contributed by atoms with Crippen LogP contribution in [0.1, 0.15) is 18.4 Å². The molecule has 0 spiro atoms. The van der Waals surface area contributed by atoms with E-state index in [1.54, 1.807) is 4.90 Å². The van der Waals surface area contributed by atoms with Crippen molar-refractivity contribution in [3.05, 3.63) is 77.3 Å². The fourth-order valence-corrected chi connectivity index (χ4v) is 4.59. The summed E-state index contributed by atoms with van der Waals surface area (Å²) in [5.74, 6) is 0.947. The van der Waals surface area contributed by atoms with Crippen molar-refractivity contribution in [2.75, 3.05) is 37.6 Å². The first-order chi connectivity index (χ1) is 17.1. The number of carbonyl (C=O) groups excluding carboxylic acids is 2. The van der Waals surface area contributed by atoms with E-state index in [1.807, 2.05) is 71.6 Å². The third-order valence-electron chi connectivity index (χ3n) is 6.54. The number of piperazine rings is 1. The fourth-order valence-electron chi connectivity index (χ4n) is 4.36. The minimum atomic E-state index is -0.00488. The first kappa shape index (κ1) is 23.3. The highest BCUT2D eigenvalue weighted by molar-refractivity contribution is 6.33. The SMILES string of the molecule is O=C(CN(Cc1ccccc1)C(=O)C1CC1)N1CCN(c2ccc(-c3ccccc3Cl)nn2)CC1. The zero-order valence-corrected chi connectivity index (χ0v) is 20.3. The molecule has 2 heterocycles. The van der Waals surface area contributed by atoms with Crippen molar-refractivity contribution in [2.24, 2.45) is 5.92 Å². The third kappa shape index (κ3) is 5.62. The van der Waals surface area contributed by atoms with Crippen molar-refractivity contribution in [1.29, 1.82) is 0 Å². The second-order valence-electron chi connectivity index (χ2n) is 9.08. The summed E-state index contributed by atoms with van der Waals surface area (Å²) in [6, 6.07) is 21.3. The van der Waals surface area contributed by atoms with E-state index in [0.717, 1.165) is 35.5 Å². The molecular formula is C27H28ClN5O2. The van der Waals surface area contributed by atoms with E-state index in [9.17, 15) is 9.59 Å². The quantitative estimate of drug-likeness (QED) is 0.503. The maximum absolute atomic E-state index is 13.1. The third-order valence-corrected chi connectivity index (χ3v) is 6.87. The number of rotatable bonds is 7. The number of hydrogen-bond acceptors (Lipinski definition) is 5. The lowest BCUT2D eigenvalue weighted by molar-refractivity contribution is -0.142. The highest BCUT2D eigenvalue weighted by Crippen LogP contribution is 2.31. The van der Waals surface area contributed by atoms with Crippen molar-refractivity contribution in [3.63, 3.8) is 0 Å². The second-order valence-corrected chi connectivity index (χ2v) is 9.49. The minimum absolute atomic E-state index is 0.00488. The summed E-state index contributed by atoms with van der Waals surface area (Å²) in [5, 5.41) is 9.40. The van der Waals surface area contributed by atoms with Gasteiger partial charge in [-0.3, -0.25) is 9.59 Å². The van der Waals surface area contributed by atoms with Gasteiger partial charge in [0.15, 0.2) is 5.82 Å². The summed E-state index contributed by atoms with van der Waals surface area (Å²) >= 11 is 6.27. The van der Waals surface area contributed by atoms with Crippen LogP contribution >= 0.6 is 11.6 Å². The minimum Gasteiger partial charge on any atom is -0.352 e. The Morgan fingerprint density at radius 1 is 0.886 bits per heavy atom. The van der Waals surface area contributed by atoms with Crippen molar-refractivity contribution in [3.8, 4) is 11.3 Å². The Morgan fingerprint density at radius 3 is 2.26 bits per heavy atom. The van der Waals surface area contributed by atoms with Gasteiger partial charge in [-0.2, -0.15) is 0 Å². The summed E-state index contributed by atoms with van der Waals surface area (Å²) in [4.78, 5) is 31.6. The number of carbonyl (C=O) groups is 2. The van der Waals surface area contributed by atoms with Crippen molar-refractivity contribution in [2.45, 2.75) is 19.4 Å². The van der Waals surface area contributed by atoms with Gasteiger partial charge in [-0.15, -0.1) is 10.2 Å². The van der Waals surface area contributed by atoms with E-state index in [-0.39, 0.29) is 24.3 Å². The highest BCUT2D eigenvalue weighted by Gasteiger charge is 2.35. The van der Waals surface area contributed by atoms with Crippen LogP contribution in [0.15, 0.2) is 66.7 Å². The fraction of sp³-hybridized carbons (Fsp3) is 0.333. The zero-order chi connectivity index (χ0) is 24.2. The second kappa shape index (κ2) is 10.4. The number of halogens is 1. The van der Waals surface area contributed by atoms with Crippen molar-refractivity contribution >= 4 is 29.2 Å². The Kier molecular flexibility index (Phi) is 6.95. The van der Waals surface area contributed by atoms with E-state index in [4.69, 9.17) is 11.6 Å². The van der Waals surface area contributed by atoms with Crippen LogP contribution in [0.4, 0.5) is 5.82 Å². The molecule has 35 heavy (non-hydrogen) atoms. The Bertz CT molecular complexity index is 1180. The molecule has 0 bridgehead atoms. The smallest absolute Gasteiger partial charge is 0.242 e. The average Bonchev–Trinajstić information content (AvgIpc) is 3.75. The Balaban J connectivity index is 1.18. The molecular weight excluding hydrogens is 462 g/mol. The van der Waals surface area contributed by atoms with Crippen molar-refractivity contribution < 1.29 is 9.59 Å². The van der Waals surface area contributed by atoms with Crippen LogP contribution in [-0.2, 0) is 16.1 Å². The van der Waals surface area contributed by atoms with Crippen LogP contribution < -0.4 is 4.90 Å². The molecule has 2 fully saturated rings. The summed E-state index contributed by atoms with van der Waals surface area (Å²) in [6.45, 7) is 3.10. The molecule has 1 aliphatic carbocycles. The van der Waals surface area contributed by atoms with Gasteiger partial charge < -0.3 is 14.7 Å². The van der Waals surface area contributed by atoms with Gasteiger partial charge in [0.05, 0.1) is 10.7 Å². The van der Waals surface area contributed by atoms with E-state index >= 15 is 0 Å². The van der Waals surface area contributed by atoms with Gasteiger partial charge >= 0.3 is 0 Å². The molecule has 7 nitrogen and oxygen atoms in total. The number of anilines is 1. The van der Waals surface area contributed by atoms with Gasteiger partial charge in [-0.1, -0.05) is 60.1 Å². The topological polar surface area (TPSA) is 69.6 Å². The first-order valence-electron chi connectivity index (χ1n) is 12.0. The molecule has 2 aromatic carbocycles. The lowest BCUT2D eigenvalue weighted by atomic mass is 10.1. The standard InChI is InChI=1S/C27H28ClN5O2/c28-23-9-5-4-8-22(23)24-12-13-25(30-29-24)31-14-16-32(17-15-31)26(34)19-33(27(35)21-10-11-21)18-20-6-2-1-3-7-20/h1-9,12-13,21H,10-11,14-19H2. The monoisotopic (exact) mass is 489 g/mol. The predicted octanol–water partition coefficient (Wildman–Crippen LogP) is 3.88. The molecule has 180 valence electrons. The van der Waals surface area contributed by atoms with Crippen LogP contribution in [0, 0.1) is 5.92 Å². The molecule has 2 amide bonds. The molecule has 1 saturated heterocycles. The molecule has 1 saturated carbocycles. The maximum Gasteiger partial charge on any atom is 0.242 e. The lowest BCUT2D eigenvalue weighted by Crippen LogP contribution is -2.52. The molecule has 0 N–H and O–H groups in total. The summed E-state index contributed by atoms with van der Waals surface area (Å²) in [7, 11) is 0. The molecule has 0 atom stereocenters. The number of benzene rings is 2. The number of amides is 2. The molecule has 8 heteroatoms. The maximum atomic E-state index is 13.1. The van der Waals surface area contributed by atoms with E-state index < -0.39 is 0 Å². The Hall–Kier alpha value is -3.45. The molecule has 1 aliphatic heterocycles. The number of nitrogens with zero attached hydrogens (tertiary/aromatic N) is 5. The highest BCUT2D eigenvalue weighted by atomic mass is 35.5. The Morgan fingerprint density at radius 2 is 1.60 bits per heavy atom. The van der Waals surface area contributed by atoms with Crippen LogP contribution in [0.25, 0.3) is 11.3 Å². The Labute approximate surface area is 210 Å². The van der Waals surface area contributed by atoms with Crippen molar-refractivity contribution in [1.82, 2.24) is 20.0 Å². The molecule has 0 unspecified atom stereocenters. The number of hydrogen-bond donors (Lipinski definition) is 0. The molecule has 5 rings (SSSR count). The lowest BCUT2D eigenvalue weighted by Gasteiger charge is -2.36. The molecule has 3 aromatic rings. The van der Waals surface area contributed by atoms with Gasteiger partial charge in [-0.25, -0.2) is 0 Å². The van der Waals surface area contributed by atoms with Crippen LogP contribution in [0.5, 0.6) is 0 Å². The average molecular weight is 490 g/mol.